The molecule has 2 nitrogen and oxygen atoms in total. The van der Waals surface area contributed by atoms with E-state index in [1.54, 1.807) is 11.3 Å². The van der Waals surface area contributed by atoms with Crippen molar-refractivity contribution in [1.29, 1.82) is 0 Å². The molecule has 0 spiro atoms. The summed E-state index contributed by atoms with van der Waals surface area (Å²) in [5.74, 6) is 0. The smallest absolute Gasteiger partial charge is 0.183 e. The summed E-state index contributed by atoms with van der Waals surface area (Å²) in [6, 6.07) is 4.77. The van der Waals surface area contributed by atoms with Crippen molar-refractivity contribution in [2.45, 2.75) is 33.7 Å². The molecule has 1 aromatic heterocycles. The highest BCUT2D eigenvalue weighted by Gasteiger charge is 2.12. The minimum absolute atomic E-state index is 0.293. The molecule has 0 aliphatic carbocycles. The van der Waals surface area contributed by atoms with Crippen LogP contribution in [0.2, 0.25) is 0 Å². The molecule has 0 saturated carbocycles. The maximum atomic E-state index is 4.27. The van der Waals surface area contributed by atoms with E-state index in [1.807, 2.05) is 11.6 Å². The predicted octanol–water partition coefficient (Wildman–Crippen LogP) is 4.24. The summed E-state index contributed by atoms with van der Waals surface area (Å²) in [5.41, 5.74) is 5.40. The first-order valence-corrected chi connectivity index (χ1v) is 6.69. The molecule has 0 aliphatic rings. The van der Waals surface area contributed by atoms with Crippen molar-refractivity contribution in [3.05, 3.63) is 46.0 Å². The Morgan fingerprint density at radius 3 is 2.35 bits per heavy atom. The molecule has 0 bridgehead atoms. The van der Waals surface area contributed by atoms with Gasteiger partial charge in [-0.3, -0.25) is 0 Å². The summed E-state index contributed by atoms with van der Waals surface area (Å²) < 4.78 is 0. The minimum Gasteiger partial charge on any atom is -0.355 e. The van der Waals surface area contributed by atoms with Crippen LogP contribution in [0.25, 0.3) is 0 Å². The maximum Gasteiger partial charge on any atom is 0.183 e. The van der Waals surface area contributed by atoms with Crippen LogP contribution in [0, 0.1) is 20.8 Å². The molecule has 1 aromatic carbocycles. The molecular formula is C14H18N2S. The van der Waals surface area contributed by atoms with Gasteiger partial charge in [-0.15, -0.1) is 11.3 Å². The summed E-state index contributed by atoms with van der Waals surface area (Å²) in [5, 5.41) is 6.42. The molecule has 1 unspecified atom stereocenters. The van der Waals surface area contributed by atoms with E-state index in [2.05, 4.69) is 50.1 Å². The highest BCUT2D eigenvalue weighted by molar-refractivity contribution is 7.13. The maximum absolute atomic E-state index is 4.27. The highest BCUT2D eigenvalue weighted by Crippen LogP contribution is 2.27. The molecule has 2 rings (SSSR count). The van der Waals surface area contributed by atoms with Crippen molar-refractivity contribution in [1.82, 2.24) is 4.98 Å². The fourth-order valence-electron chi connectivity index (χ4n) is 2.43. The first kappa shape index (κ1) is 12.1. The molecule has 17 heavy (non-hydrogen) atoms. The second kappa shape index (κ2) is 4.88. The van der Waals surface area contributed by atoms with E-state index in [0.717, 1.165) is 5.13 Å². The van der Waals surface area contributed by atoms with Crippen LogP contribution in [0.1, 0.15) is 35.2 Å². The topological polar surface area (TPSA) is 24.9 Å². The van der Waals surface area contributed by atoms with Crippen LogP contribution >= 0.6 is 11.3 Å². The third kappa shape index (κ3) is 2.67. The average molecular weight is 246 g/mol. The Hall–Kier alpha value is -1.35. The lowest BCUT2D eigenvalue weighted by Gasteiger charge is -2.19. The average Bonchev–Trinajstić information content (AvgIpc) is 2.68. The van der Waals surface area contributed by atoms with Crippen molar-refractivity contribution in [3.63, 3.8) is 0 Å². The Labute approximate surface area is 107 Å². The zero-order chi connectivity index (χ0) is 12.4. The SMILES string of the molecule is Cc1cc(C)c(C(C)Nc2nccs2)c(C)c1. The molecule has 0 saturated heterocycles. The molecule has 0 aliphatic heterocycles. The first-order chi connectivity index (χ1) is 8.08. The van der Waals surface area contributed by atoms with E-state index in [4.69, 9.17) is 0 Å². The number of aryl methyl sites for hydroxylation is 3. The Bertz CT molecular complexity index is 480. The molecule has 2 aromatic rings. The number of aromatic nitrogens is 1. The van der Waals surface area contributed by atoms with Crippen LogP contribution in [0.4, 0.5) is 5.13 Å². The lowest BCUT2D eigenvalue weighted by Crippen LogP contribution is -2.10. The predicted molar refractivity (Wildman–Crippen MR) is 74.8 cm³/mol. The number of nitrogens with one attached hydrogen (secondary N) is 1. The lowest BCUT2D eigenvalue weighted by molar-refractivity contribution is 0.859. The Kier molecular flexibility index (Phi) is 3.48. The van der Waals surface area contributed by atoms with Crippen molar-refractivity contribution in [2.24, 2.45) is 0 Å². The number of rotatable bonds is 3. The molecular weight excluding hydrogens is 228 g/mol. The van der Waals surface area contributed by atoms with Gasteiger partial charge in [0.15, 0.2) is 5.13 Å². The monoisotopic (exact) mass is 246 g/mol. The number of hydrogen-bond donors (Lipinski definition) is 1. The quantitative estimate of drug-likeness (QED) is 0.876. The fraction of sp³-hybridized carbons (Fsp3) is 0.357. The Balaban J connectivity index is 2.27. The molecule has 3 heteroatoms. The van der Waals surface area contributed by atoms with Gasteiger partial charge >= 0.3 is 0 Å². The van der Waals surface area contributed by atoms with Gasteiger partial charge in [-0.05, 0) is 44.4 Å². The van der Waals surface area contributed by atoms with Gasteiger partial charge in [-0.1, -0.05) is 17.7 Å². The normalized spacial score (nSPS) is 12.5. The zero-order valence-corrected chi connectivity index (χ0v) is 11.6. The van der Waals surface area contributed by atoms with Crippen LogP contribution < -0.4 is 5.32 Å². The van der Waals surface area contributed by atoms with Gasteiger partial charge < -0.3 is 5.32 Å². The summed E-state index contributed by atoms with van der Waals surface area (Å²) in [6.45, 7) is 8.68. The van der Waals surface area contributed by atoms with E-state index >= 15 is 0 Å². The summed E-state index contributed by atoms with van der Waals surface area (Å²) in [7, 11) is 0. The molecule has 0 fully saturated rings. The summed E-state index contributed by atoms with van der Waals surface area (Å²) in [6.07, 6.45) is 1.83. The minimum atomic E-state index is 0.293. The van der Waals surface area contributed by atoms with E-state index in [9.17, 15) is 0 Å². The van der Waals surface area contributed by atoms with E-state index < -0.39 is 0 Å². The van der Waals surface area contributed by atoms with E-state index in [1.165, 1.54) is 22.3 Å². The van der Waals surface area contributed by atoms with Gasteiger partial charge in [-0.25, -0.2) is 4.98 Å². The van der Waals surface area contributed by atoms with Crippen LogP contribution in [0.15, 0.2) is 23.7 Å². The van der Waals surface area contributed by atoms with Gasteiger partial charge in [0.25, 0.3) is 0 Å². The van der Waals surface area contributed by atoms with Gasteiger partial charge in [0.1, 0.15) is 0 Å². The fourth-order valence-corrected chi connectivity index (χ4v) is 3.04. The van der Waals surface area contributed by atoms with Gasteiger partial charge in [0.05, 0.1) is 6.04 Å². The molecule has 1 heterocycles. The van der Waals surface area contributed by atoms with Crippen LogP contribution in [0.3, 0.4) is 0 Å². The number of anilines is 1. The molecule has 1 N–H and O–H groups in total. The molecule has 1 atom stereocenters. The Morgan fingerprint density at radius 1 is 1.18 bits per heavy atom. The number of benzene rings is 1. The van der Waals surface area contributed by atoms with Crippen molar-refractivity contribution < 1.29 is 0 Å². The number of hydrogen-bond acceptors (Lipinski definition) is 3. The summed E-state index contributed by atoms with van der Waals surface area (Å²) >= 11 is 1.64. The first-order valence-electron chi connectivity index (χ1n) is 5.81. The van der Waals surface area contributed by atoms with Crippen LogP contribution in [-0.4, -0.2) is 4.98 Å². The van der Waals surface area contributed by atoms with Gasteiger partial charge in [-0.2, -0.15) is 0 Å². The van der Waals surface area contributed by atoms with Gasteiger partial charge in [0.2, 0.25) is 0 Å². The second-order valence-corrected chi connectivity index (χ2v) is 5.41. The largest absolute Gasteiger partial charge is 0.355 e. The number of nitrogens with zero attached hydrogens (tertiary/aromatic N) is 1. The van der Waals surface area contributed by atoms with Crippen LogP contribution in [0.5, 0.6) is 0 Å². The third-order valence-corrected chi connectivity index (χ3v) is 3.65. The van der Waals surface area contributed by atoms with E-state index in [-0.39, 0.29) is 0 Å². The van der Waals surface area contributed by atoms with Crippen molar-refractivity contribution in [3.8, 4) is 0 Å². The standard InChI is InChI=1S/C14H18N2S/c1-9-7-10(2)13(11(3)8-9)12(4)16-14-15-5-6-17-14/h5-8,12H,1-4H3,(H,15,16). The Morgan fingerprint density at radius 2 is 1.82 bits per heavy atom. The zero-order valence-electron chi connectivity index (χ0n) is 10.7. The highest BCUT2D eigenvalue weighted by atomic mass is 32.1. The summed E-state index contributed by atoms with van der Waals surface area (Å²) in [4.78, 5) is 4.27. The molecule has 0 amide bonds. The van der Waals surface area contributed by atoms with Crippen molar-refractivity contribution in [2.75, 3.05) is 5.32 Å². The van der Waals surface area contributed by atoms with Gasteiger partial charge in [0, 0.05) is 11.6 Å². The van der Waals surface area contributed by atoms with Crippen LogP contribution in [-0.2, 0) is 0 Å². The number of thiazole rings is 1. The lowest BCUT2D eigenvalue weighted by atomic mass is 9.95. The third-order valence-electron chi connectivity index (χ3n) is 2.94. The molecule has 90 valence electrons. The van der Waals surface area contributed by atoms with Crippen molar-refractivity contribution >= 4 is 16.5 Å². The molecule has 0 radical (unpaired) electrons. The van der Waals surface area contributed by atoms with E-state index in [0.29, 0.717) is 6.04 Å². The second-order valence-electron chi connectivity index (χ2n) is 4.52.